The van der Waals surface area contributed by atoms with Gasteiger partial charge in [0.1, 0.15) is 11.6 Å². The molecule has 0 atom stereocenters. The molecule has 3 rings (SSSR count). The molecular weight excluding hydrogens is 490 g/mol. The first-order valence-corrected chi connectivity index (χ1v) is 13.8. The Bertz CT molecular complexity index is 1470. The van der Waals surface area contributed by atoms with E-state index in [1.807, 2.05) is 44.2 Å². The van der Waals surface area contributed by atoms with Crippen molar-refractivity contribution in [1.29, 1.82) is 0 Å². The van der Waals surface area contributed by atoms with E-state index in [2.05, 4.69) is 78.9 Å². The topological polar surface area (TPSA) is 53.8 Å². The van der Waals surface area contributed by atoms with Crippen LogP contribution in [0.25, 0.3) is 5.70 Å². The van der Waals surface area contributed by atoms with Crippen molar-refractivity contribution >= 4 is 28.7 Å². The summed E-state index contributed by atoms with van der Waals surface area (Å²) in [6.07, 6.45) is 6.82. The van der Waals surface area contributed by atoms with Crippen LogP contribution < -0.4 is 5.32 Å². The van der Waals surface area contributed by atoms with E-state index in [0.29, 0.717) is 12.8 Å². The van der Waals surface area contributed by atoms with Crippen molar-refractivity contribution in [3.05, 3.63) is 131 Å². The van der Waals surface area contributed by atoms with Gasteiger partial charge in [-0.2, -0.15) is 0 Å². The lowest BCUT2D eigenvalue weighted by Crippen LogP contribution is -2.22. The average Bonchev–Trinajstić information content (AvgIpc) is 2.93. The fourth-order valence-corrected chi connectivity index (χ4v) is 4.36. The van der Waals surface area contributed by atoms with E-state index in [1.165, 1.54) is 11.1 Å². The van der Waals surface area contributed by atoms with E-state index in [-0.39, 0.29) is 5.78 Å². The molecule has 0 bridgehead atoms. The number of carbonyl (C=O) groups excluding carboxylic acids is 1. The van der Waals surface area contributed by atoms with Crippen LogP contribution in [0, 0.1) is 6.92 Å². The molecule has 0 amide bonds. The van der Waals surface area contributed by atoms with Crippen LogP contribution in [0.15, 0.2) is 108 Å². The molecule has 0 saturated carbocycles. The fourth-order valence-electron chi connectivity index (χ4n) is 4.36. The van der Waals surface area contributed by atoms with Crippen LogP contribution in [0.2, 0.25) is 0 Å². The van der Waals surface area contributed by atoms with Crippen molar-refractivity contribution in [2.45, 2.75) is 53.4 Å². The van der Waals surface area contributed by atoms with E-state index in [1.54, 1.807) is 14.0 Å². The highest BCUT2D eigenvalue weighted by Gasteiger charge is 2.10. The van der Waals surface area contributed by atoms with Crippen LogP contribution >= 0.6 is 0 Å². The maximum Gasteiger partial charge on any atom is 0.134 e. The number of amidine groups is 1. The minimum atomic E-state index is 0.134. The first-order chi connectivity index (χ1) is 19.2. The van der Waals surface area contributed by atoms with E-state index < -0.39 is 0 Å². The summed E-state index contributed by atoms with van der Waals surface area (Å²) in [4.78, 5) is 21.3. The predicted molar refractivity (Wildman–Crippen MR) is 172 cm³/mol. The summed E-state index contributed by atoms with van der Waals surface area (Å²) in [6, 6.07) is 22.9. The quantitative estimate of drug-likeness (QED) is 0.146. The number of hydrogen-bond acceptors (Lipinski definition) is 3. The Morgan fingerprint density at radius 1 is 0.900 bits per heavy atom. The lowest BCUT2D eigenvalue weighted by Gasteiger charge is -2.15. The van der Waals surface area contributed by atoms with Crippen LogP contribution in [-0.4, -0.2) is 24.4 Å². The second-order valence-electron chi connectivity index (χ2n) is 10.2. The van der Waals surface area contributed by atoms with E-state index in [9.17, 15) is 4.79 Å². The van der Waals surface area contributed by atoms with Gasteiger partial charge < -0.3 is 5.32 Å². The van der Waals surface area contributed by atoms with Crippen LogP contribution in [0.5, 0.6) is 0 Å². The van der Waals surface area contributed by atoms with Gasteiger partial charge in [-0.05, 0) is 91.3 Å². The first-order valence-electron chi connectivity index (χ1n) is 13.8. The summed E-state index contributed by atoms with van der Waals surface area (Å²) in [5.41, 5.74) is 10.2. The molecule has 1 N–H and O–H groups in total. The molecule has 0 aromatic heterocycles. The zero-order valence-electron chi connectivity index (χ0n) is 24.6. The molecule has 0 saturated heterocycles. The number of allylic oxidation sites excluding steroid dienone is 3. The maximum atomic E-state index is 11.7. The number of nitrogens with zero attached hydrogens (tertiary/aromatic N) is 2. The highest BCUT2D eigenvalue weighted by atomic mass is 16.1. The first kappa shape index (κ1) is 30.2. The number of aliphatic imine (C=N–C) groups is 2. The van der Waals surface area contributed by atoms with E-state index in [4.69, 9.17) is 4.99 Å². The second kappa shape index (κ2) is 14.7. The Balaban J connectivity index is 1.92. The third kappa shape index (κ3) is 9.16. The van der Waals surface area contributed by atoms with Gasteiger partial charge in [0.15, 0.2) is 0 Å². The van der Waals surface area contributed by atoms with Crippen molar-refractivity contribution in [3.8, 4) is 0 Å². The third-order valence-electron chi connectivity index (χ3n) is 6.60. The molecule has 40 heavy (non-hydrogen) atoms. The smallest absolute Gasteiger partial charge is 0.134 e. The monoisotopic (exact) mass is 531 g/mol. The van der Waals surface area contributed by atoms with Gasteiger partial charge in [0.2, 0.25) is 0 Å². The summed E-state index contributed by atoms with van der Waals surface area (Å²) in [7, 11) is 1.81. The molecule has 0 aliphatic heterocycles. The Hall–Kier alpha value is -4.31. The maximum absolute atomic E-state index is 11.7. The molecule has 3 aromatic rings. The van der Waals surface area contributed by atoms with Crippen molar-refractivity contribution in [1.82, 2.24) is 5.32 Å². The third-order valence-corrected chi connectivity index (χ3v) is 6.60. The summed E-state index contributed by atoms with van der Waals surface area (Å²) in [6.45, 7) is 16.1. The van der Waals surface area contributed by atoms with Crippen molar-refractivity contribution < 1.29 is 4.79 Å². The van der Waals surface area contributed by atoms with Crippen molar-refractivity contribution in [3.63, 3.8) is 0 Å². The minimum absolute atomic E-state index is 0.134. The number of ketones is 1. The summed E-state index contributed by atoms with van der Waals surface area (Å²) < 4.78 is 0. The number of nitrogens with one attached hydrogen (secondary N) is 1. The SMILES string of the molecule is C=C(C)/C=C\C(=N/C)c1cccc(CC/C(=N\c2cc(CC(C)=O)ccc2C)NC(=C)c2cccc(CC)c2)c1. The van der Waals surface area contributed by atoms with Crippen molar-refractivity contribution in [2.75, 3.05) is 7.05 Å². The Kier molecular flexibility index (Phi) is 11.1. The van der Waals surface area contributed by atoms with Gasteiger partial charge in [-0.25, -0.2) is 4.99 Å². The molecular formula is C36H41N3O. The number of hydrogen-bond donors (Lipinski definition) is 1. The van der Waals surface area contributed by atoms with Crippen LogP contribution in [0.3, 0.4) is 0 Å². The minimum Gasteiger partial charge on any atom is -0.344 e. The Labute approximate surface area is 240 Å². The number of benzene rings is 3. The number of Topliss-reactive ketones (excluding diaryl/α,β-unsaturated/α-hetero) is 1. The van der Waals surface area contributed by atoms with Crippen LogP contribution in [-0.2, 0) is 24.1 Å². The van der Waals surface area contributed by atoms with Gasteiger partial charge in [-0.15, -0.1) is 0 Å². The highest BCUT2D eigenvalue weighted by Crippen LogP contribution is 2.23. The predicted octanol–water partition coefficient (Wildman–Crippen LogP) is 8.16. The average molecular weight is 532 g/mol. The lowest BCUT2D eigenvalue weighted by atomic mass is 10.0. The standard InChI is InChI=1S/C36H41N3O/c1-8-29-11-9-13-32(22-29)28(6)38-36(39-35-24-31(21-27(5)40)17-16-26(35)4)20-18-30-12-10-14-33(23-30)34(37-7)19-15-25(2)3/h9-17,19,22-24H,2,6,8,18,20-21H2,1,3-5,7H3,(H,38,39)/b19-15-,37-34+. The molecule has 0 spiro atoms. The molecule has 0 aliphatic carbocycles. The Morgan fingerprint density at radius 3 is 2.27 bits per heavy atom. The molecule has 3 aromatic carbocycles. The van der Waals surface area contributed by atoms with Gasteiger partial charge in [0, 0.05) is 25.6 Å². The van der Waals surface area contributed by atoms with E-state index >= 15 is 0 Å². The largest absolute Gasteiger partial charge is 0.344 e. The van der Waals surface area contributed by atoms with E-state index in [0.717, 1.165) is 63.6 Å². The van der Waals surface area contributed by atoms with Gasteiger partial charge in [0.05, 0.1) is 11.4 Å². The van der Waals surface area contributed by atoms with Gasteiger partial charge in [-0.3, -0.25) is 9.79 Å². The molecule has 0 radical (unpaired) electrons. The van der Waals surface area contributed by atoms with Gasteiger partial charge >= 0.3 is 0 Å². The fraction of sp³-hybridized carbons (Fsp3) is 0.250. The molecule has 206 valence electrons. The molecule has 0 aliphatic rings. The summed E-state index contributed by atoms with van der Waals surface area (Å²) in [5.74, 6) is 0.959. The van der Waals surface area contributed by atoms with Crippen LogP contribution in [0.4, 0.5) is 5.69 Å². The van der Waals surface area contributed by atoms with Crippen LogP contribution in [0.1, 0.15) is 60.6 Å². The lowest BCUT2D eigenvalue weighted by molar-refractivity contribution is -0.116. The highest BCUT2D eigenvalue weighted by molar-refractivity contribution is 6.09. The molecule has 4 nitrogen and oxygen atoms in total. The normalized spacial score (nSPS) is 12.0. The molecule has 4 heteroatoms. The molecule has 0 heterocycles. The summed E-state index contributed by atoms with van der Waals surface area (Å²) in [5, 5.41) is 3.52. The number of rotatable bonds is 12. The zero-order valence-corrected chi connectivity index (χ0v) is 24.6. The second-order valence-corrected chi connectivity index (χ2v) is 10.2. The zero-order chi connectivity index (χ0) is 29.1. The summed E-state index contributed by atoms with van der Waals surface area (Å²) >= 11 is 0. The van der Waals surface area contributed by atoms with Gasteiger partial charge in [-0.1, -0.05) is 80.3 Å². The molecule has 0 unspecified atom stereocenters. The number of carbonyl (C=O) groups is 1. The number of aryl methyl sites for hydroxylation is 3. The Morgan fingerprint density at radius 2 is 1.60 bits per heavy atom. The van der Waals surface area contributed by atoms with Crippen molar-refractivity contribution in [2.24, 2.45) is 9.98 Å². The molecule has 0 fully saturated rings. The van der Waals surface area contributed by atoms with Gasteiger partial charge in [0.25, 0.3) is 0 Å².